The van der Waals surface area contributed by atoms with E-state index in [0.29, 0.717) is 12.5 Å². The fraction of sp³-hybridized carbons (Fsp3) is 0.900. The number of rotatable bonds is 5. The maximum atomic E-state index is 11.0. The number of ether oxygens (including phenoxy) is 1. The number of carbonyl (C=O) groups is 1. The number of ketones is 1. The largest absolute Gasteiger partial charge is 0.368 e. The molecule has 0 saturated heterocycles. The average Bonchev–Trinajstić information content (AvgIpc) is 1.85. The van der Waals surface area contributed by atoms with Crippen LogP contribution in [0.4, 0.5) is 0 Å². The summed E-state index contributed by atoms with van der Waals surface area (Å²) in [4.78, 5) is 11.0. The molecule has 0 rings (SSSR count). The van der Waals surface area contributed by atoms with Gasteiger partial charge in [0.2, 0.25) is 0 Å². The Balaban J connectivity index is 3.69. The van der Waals surface area contributed by atoms with Crippen molar-refractivity contribution in [2.75, 3.05) is 6.61 Å². The molecular formula is C10H20O2. The summed E-state index contributed by atoms with van der Waals surface area (Å²) in [7, 11) is 0. The van der Waals surface area contributed by atoms with Crippen LogP contribution in [0.15, 0.2) is 0 Å². The molecule has 12 heavy (non-hydrogen) atoms. The van der Waals surface area contributed by atoms with Crippen LogP contribution in [0.5, 0.6) is 0 Å². The summed E-state index contributed by atoms with van der Waals surface area (Å²) < 4.78 is 5.45. The van der Waals surface area contributed by atoms with Crippen LogP contribution in [-0.2, 0) is 9.53 Å². The van der Waals surface area contributed by atoms with Crippen LogP contribution in [0.25, 0.3) is 0 Å². The molecule has 0 aliphatic rings. The quantitative estimate of drug-likeness (QED) is 0.636. The minimum absolute atomic E-state index is 0.0891. The summed E-state index contributed by atoms with van der Waals surface area (Å²) >= 11 is 0. The number of hydrogen-bond donors (Lipinski definition) is 0. The van der Waals surface area contributed by atoms with Crippen LogP contribution in [0.1, 0.15) is 41.0 Å². The van der Waals surface area contributed by atoms with Crippen molar-refractivity contribution in [3.63, 3.8) is 0 Å². The Bertz CT molecular complexity index is 148. The molecule has 0 radical (unpaired) electrons. The van der Waals surface area contributed by atoms with Crippen molar-refractivity contribution in [1.29, 1.82) is 0 Å². The molecule has 0 fully saturated rings. The zero-order valence-corrected chi connectivity index (χ0v) is 8.81. The lowest BCUT2D eigenvalue weighted by atomic mass is 10.1. The van der Waals surface area contributed by atoms with Gasteiger partial charge in [-0.1, -0.05) is 13.8 Å². The van der Waals surface area contributed by atoms with Gasteiger partial charge in [-0.15, -0.1) is 0 Å². The number of Topliss-reactive ketones (excluding diaryl/α,β-unsaturated/α-hetero) is 1. The third kappa shape index (κ3) is 4.50. The van der Waals surface area contributed by atoms with Crippen molar-refractivity contribution in [1.82, 2.24) is 0 Å². The normalized spacial score (nSPS) is 12.2. The maximum Gasteiger partial charge on any atom is 0.160 e. The van der Waals surface area contributed by atoms with E-state index in [0.717, 1.165) is 6.42 Å². The second-order valence-electron chi connectivity index (χ2n) is 4.10. The Morgan fingerprint density at radius 2 is 1.92 bits per heavy atom. The molecule has 0 N–H and O–H groups in total. The van der Waals surface area contributed by atoms with E-state index in [9.17, 15) is 4.79 Å². The fourth-order valence-corrected chi connectivity index (χ4v) is 0.651. The van der Waals surface area contributed by atoms with Crippen molar-refractivity contribution in [3.8, 4) is 0 Å². The lowest BCUT2D eigenvalue weighted by Gasteiger charge is -2.22. The molecule has 0 heterocycles. The molecule has 0 spiro atoms. The van der Waals surface area contributed by atoms with Gasteiger partial charge in [0, 0.05) is 6.61 Å². The Morgan fingerprint density at radius 1 is 1.42 bits per heavy atom. The maximum absolute atomic E-state index is 11.0. The Morgan fingerprint density at radius 3 is 2.25 bits per heavy atom. The van der Waals surface area contributed by atoms with Gasteiger partial charge in [0.1, 0.15) is 5.60 Å². The summed E-state index contributed by atoms with van der Waals surface area (Å²) in [6.45, 7) is 10.2. The standard InChI is InChI=1S/C10H20O2/c1-8(2)6-7-12-10(4,5)9(3)11/h8H,6-7H2,1-5H3. The second-order valence-corrected chi connectivity index (χ2v) is 4.10. The van der Waals surface area contributed by atoms with Gasteiger partial charge in [-0.05, 0) is 33.1 Å². The summed E-state index contributed by atoms with van der Waals surface area (Å²) in [5.41, 5.74) is -0.602. The number of carbonyl (C=O) groups excluding carboxylic acids is 1. The van der Waals surface area contributed by atoms with E-state index in [1.165, 1.54) is 0 Å². The van der Waals surface area contributed by atoms with Gasteiger partial charge in [0.25, 0.3) is 0 Å². The third-order valence-electron chi connectivity index (χ3n) is 2.01. The molecule has 0 amide bonds. The van der Waals surface area contributed by atoms with Crippen molar-refractivity contribution in [2.45, 2.75) is 46.6 Å². The van der Waals surface area contributed by atoms with Gasteiger partial charge in [-0.2, -0.15) is 0 Å². The Labute approximate surface area is 75.3 Å². The first-order valence-corrected chi connectivity index (χ1v) is 4.51. The first kappa shape index (κ1) is 11.6. The van der Waals surface area contributed by atoms with Gasteiger partial charge in [0.05, 0.1) is 0 Å². The van der Waals surface area contributed by atoms with Gasteiger partial charge in [0.15, 0.2) is 5.78 Å². The Kier molecular flexibility index (Phi) is 4.46. The highest BCUT2D eigenvalue weighted by Gasteiger charge is 2.23. The van der Waals surface area contributed by atoms with Crippen molar-refractivity contribution in [3.05, 3.63) is 0 Å². The van der Waals surface area contributed by atoms with Gasteiger partial charge < -0.3 is 4.74 Å². The zero-order valence-electron chi connectivity index (χ0n) is 8.81. The first-order valence-electron chi connectivity index (χ1n) is 4.51. The van der Waals surface area contributed by atoms with E-state index < -0.39 is 5.60 Å². The molecule has 0 saturated carbocycles. The summed E-state index contributed by atoms with van der Waals surface area (Å²) in [6.07, 6.45) is 1.01. The van der Waals surface area contributed by atoms with Crippen LogP contribution < -0.4 is 0 Å². The van der Waals surface area contributed by atoms with E-state index in [1.807, 2.05) is 13.8 Å². The molecule has 0 aliphatic carbocycles. The summed E-state index contributed by atoms with van der Waals surface area (Å²) in [5, 5.41) is 0. The molecule has 0 atom stereocenters. The van der Waals surface area contributed by atoms with Gasteiger partial charge in [-0.3, -0.25) is 4.79 Å². The lowest BCUT2D eigenvalue weighted by Crippen LogP contribution is -2.33. The first-order chi connectivity index (χ1) is 5.36. The number of hydrogen-bond acceptors (Lipinski definition) is 2. The van der Waals surface area contributed by atoms with E-state index in [4.69, 9.17) is 4.74 Å². The predicted molar refractivity (Wildman–Crippen MR) is 50.2 cm³/mol. The highest BCUT2D eigenvalue weighted by atomic mass is 16.5. The van der Waals surface area contributed by atoms with Crippen LogP contribution in [-0.4, -0.2) is 18.0 Å². The van der Waals surface area contributed by atoms with Crippen molar-refractivity contribution < 1.29 is 9.53 Å². The van der Waals surface area contributed by atoms with Crippen LogP contribution in [0, 0.1) is 5.92 Å². The smallest absolute Gasteiger partial charge is 0.160 e. The average molecular weight is 172 g/mol. The lowest BCUT2D eigenvalue weighted by molar-refractivity contribution is -0.138. The second kappa shape index (κ2) is 4.61. The fourth-order valence-electron chi connectivity index (χ4n) is 0.651. The van der Waals surface area contributed by atoms with Crippen LogP contribution >= 0.6 is 0 Å². The van der Waals surface area contributed by atoms with E-state index in [2.05, 4.69) is 13.8 Å². The molecule has 72 valence electrons. The molecule has 0 bridgehead atoms. The summed E-state index contributed by atoms with van der Waals surface area (Å²) in [5.74, 6) is 0.721. The SMILES string of the molecule is CC(=O)C(C)(C)OCCC(C)C. The molecule has 0 aromatic heterocycles. The molecular weight excluding hydrogens is 152 g/mol. The summed E-state index contributed by atoms with van der Waals surface area (Å²) in [6, 6.07) is 0. The van der Waals surface area contributed by atoms with Gasteiger partial charge >= 0.3 is 0 Å². The molecule has 0 aromatic carbocycles. The van der Waals surface area contributed by atoms with Crippen molar-refractivity contribution >= 4 is 5.78 Å². The van der Waals surface area contributed by atoms with E-state index >= 15 is 0 Å². The topological polar surface area (TPSA) is 26.3 Å². The monoisotopic (exact) mass is 172 g/mol. The predicted octanol–water partition coefficient (Wildman–Crippen LogP) is 2.42. The molecule has 0 aliphatic heterocycles. The van der Waals surface area contributed by atoms with Gasteiger partial charge in [-0.25, -0.2) is 0 Å². The zero-order chi connectivity index (χ0) is 9.78. The minimum atomic E-state index is -0.602. The van der Waals surface area contributed by atoms with Crippen molar-refractivity contribution in [2.24, 2.45) is 5.92 Å². The van der Waals surface area contributed by atoms with Crippen LogP contribution in [0.3, 0.4) is 0 Å². The highest BCUT2D eigenvalue weighted by Crippen LogP contribution is 2.12. The Hall–Kier alpha value is -0.370. The molecule has 2 nitrogen and oxygen atoms in total. The van der Waals surface area contributed by atoms with E-state index in [1.54, 1.807) is 6.92 Å². The minimum Gasteiger partial charge on any atom is -0.368 e. The third-order valence-corrected chi connectivity index (χ3v) is 2.01. The molecule has 0 unspecified atom stereocenters. The highest BCUT2D eigenvalue weighted by molar-refractivity contribution is 5.83. The molecule has 2 heteroatoms. The molecule has 0 aromatic rings. The van der Waals surface area contributed by atoms with E-state index in [-0.39, 0.29) is 5.78 Å². The van der Waals surface area contributed by atoms with Crippen LogP contribution in [0.2, 0.25) is 0 Å².